The Kier molecular flexibility index (Phi) is 2.30. The first-order chi connectivity index (χ1) is 8.18. The van der Waals surface area contributed by atoms with Gasteiger partial charge in [-0.3, -0.25) is 4.79 Å². The van der Waals surface area contributed by atoms with Crippen LogP contribution in [0.3, 0.4) is 0 Å². The number of hydrogen-bond acceptors (Lipinski definition) is 2. The highest BCUT2D eigenvalue weighted by Crippen LogP contribution is 2.20. The lowest BCUT2D eigenvalue weighted by atomic mass is 9.99. The summed E-state index contributed by atoms with van der Waals surface area (Å²) in [4.78, 5) is 15.9. The molecule has 0 saturated heterocycles. The van der Waals surface area contributed by atoms with E-state index in [0.717, 1.165) is 46.3 Å². The monoisotopic (exact) mass is 228 g/mol. The number of aromatic nitrogens is 1. The third kappa shape index (κ3) is 1.50. The van der Waals surface area contributed by atoms with Gasteiger partial charge >= 0.3 is 0 Å². The van der Waals surface area contributed by atoms with Crippen LogP contribution in [0.2, 0.25) is 0 Å². The molecule has 2 aromatic rings. The summed E-state index contributed by atoms with van der Waals surface area (Å²) in [6.07, 6.45) is 0.911. The zero-order valence-corrected chi connectivity index (χ0v) is 10.2. The molecule has 0 unspecified atom stereocenters. The Morgan fingerprint density at radius 3 is 2.76 bits per heavy atom. The van der Waals surface area contributed by atoms with Gasteiger partial charge in [-0.1, -0.05) is 12.1 Å². The van der Waals surface area contributed by atoms with E-state index in [0.29, 0.717) is 6.54 Å². The molecule has 1 aliphatic rings. The number of pyridine rings is 1. The highest BCUT2D eigenvalue weighted by molar-refractivity contribution is 5.85. The summed E-state index contributed by atoms with van der Waals surface area (Å²) in [5.41, 5.74) is 5.43. The predicted octanol–water partition coefficient (Wildman–Crippen LogP) is 1.79. The van der Waals surface area contributed by atoms with Gasteiger partial charge in [0.25, 0.3) is 0 Å². The summed E-state index contributed by atoms with van der Waals surface area (Å²) >= 11 is 0. The molecule has 1 aromatic heterocycles. The van der Waals surface area contributed by atoms with Crippen molar-refractivity contribution >= 4 is 10.9 Å². The molecule has 0 fully saturated rings. The second kappa shape index (κ2) is 3.70. The normalized spacial score (nSPS) is 14.9. The second-order valence-corrected chi connectivity index (χ2v) is 4.79. The number of fused-ring (bicyclic) bond motifs is 2. The van der Waals surface area contributed by atoms with Crippen molar-refractivity contribution in [2.45, 2.75) is 26.8 Å². The van der Waals surface area contributed by atoms with Crippen LogP contribution in [0, 0.1) is 13.8 Å². The minimum absolute atomic E-state index is 0.196. The Morgan fingerprint density at radius 1 is 1.18 bits per heavy atom. The van der Waals surface area contributed by atoms with Gasteiger partial charge in [-0.15, -0.1) is 0 Å². The van der Waals surface area contributed by atoms with E-state index in [1.165, 1.54) is 0 Å². The summed E-state index contributed by atoms with van der Waals surface area (Å²) in [5, 5.41) is 4.11. The fraction of sp³-hybridized carbons (Fsp3) is 0.357. The van der Waals surface area contributed by atoms with Crippen LogP contribution >= 0.6 is 0 Å². The first-order valence-electron chi connectivity index (χ1n) is 6.03. The van der Waals surface area contributed by atoms with E-state index in [-0.39, 0.29) is 5.43 Å². The van der Waals surface area contributed by atoms with Gasteiger partial charge in [-0.05, 0) is 25.0 Å². The van der Waals surface area contributed by atoms with Gasteiger partial charge < -0.3 is 10.3 Å². The standard InChI is InChI=1S/C14H16N2O/c1-8-3-4-9(2)13-12(8)14(17)10-7-15-6-5-11(10)16-13/h3-4,15H,5-7H2,1-2H3,(H,16,17). The van der Waals surface area contributed by atoms with E-state index in [1.807, 2.05) is 19.9 Å². The van der Waals surface area contributed by atoms with Gasteiger partial charge in [-0.2, -0.15) is 0 Å². The lowest BCUT2D eigenvalue weighted by Crippen LogP contribution is -2.30. The molecule has 1 aromatic carbocycles. The van der Waals surface area contributed by atoms with Gasteiger partial charge in [0.2, 0.25) is 0 Å². The lowest BCUT2D eigenvalue weighted by Gasteiger charge is -2.18. The highest BCUT2D eigenvalue weighted by Gasteiger charge is 2.16. The van der Waals surface area contributed by atoms with Crippen molar-refractivity contribution in [3.63, 3.8) is 0 Å². The van der Waals surface area contributed by atoms with Crippen molar-refractivity contribution in [1.29, 1.82) is 0 Å². The molecule has 1 aliphatic heterocycles. The number of hydrogen-bond donors (Lipinski definition) is 2. The molecule has 0 bridgehead atoms. The van der Waals surface area contributed by atoms with Crippen molar-refractivity contribution in [1.82, 2.24) is 10.3 Å². The Balaban J connectivity index is 2.48. The van der Waals surface area contributed by atoms with Gasteiger partial charge in [-0.25, -0.2) is 0 Å². The first kappa shape index (κ1) is 10.5. The van der Waals surface area contributed by atoms with E-state index >= 15 is 0 Å². The molecule has 0 saturated carbocycles. The SMILES string of the molecule is Cc1ccc(C)c2c(=O)c3c([nH]c12)CCNC3. The van der Waals surface area contributed by atoms with Crippen LogP contribution in [-0.4, -0.2) is 11.5 Å². The molecule has 17 heavy (non-hydrogen) atoms. The van der Waals surface area contributed by atoms with Crippen LogP contribution in [-0.2, 0) is 13.0 Å². The van der Waals surface area contributed by atoms with Crippen LogP contribution < -0.4 is 10.7 Å². The summed E-state index contributed by atoms with van der Waals surface area (Å²) < 4.78 is 0. The van der Waals surface area contributed by atoms with E-state index in [2.05, 4.69) is 16.4 Å². The molecule has 3 rings (SSSR count). The van der Waals surface area contributed by atoms with Gasteiger partial charge in [0.15, 0.2) is 5.43 Å². The second-order valence-electron chi connectivity index (χ2n) is 4.79. The number of nitrogens with one attached hydrogen (secondary N) is 2. The number of aromatic amines is 1. The van der Waals surface area contributed by atoms with Crippen LogP contribution in [0.4, 0.5) is 0 Å². The minimum Gasteiger partial charge on any atom is -0.358 e. The molecule has 2 heterocycles. The predicted molar refractivity (Wildman–Crippen MR) is 69.5 cm³/mol. The quantitative estimate of drug-likeness (QED) is 0.722. The third-order valence-electron chi connectivity index (χ3n) is 3.62. The molecule has 3 heteroatoms. The number of aryl methyl sites for hydroxylation is 2. The molecule has 0 amide bonds. The van der Waals surface area contributed by atoms with Crippen LogP contribution in [0.15, 0.2) is 16.9 Å². The summed E-state index contributed by atoms with van der Waals surface area (Å²) in [6, 6.07) is 4.09. The van der Waals surface area contributed by atoms with Gasteiger partial charge in [0.1, 0.15) is 0 Å². The number of rotatable bonds is 0. The maximum atomic E-state index is 12.5. The van der Waals surface area contributed by atoms with E-state index in [1.54, 1.807) is 0 Å². The largest absolute Gasteiger partial charge is 0.358 e. The van der Waals surface area contributed by atoms with E-state index < -0.39 is 0 Å². The summed E-state index contributed by atoms with van der Waals surface area (Å²) in [6.45, 7) is 5.68. The first-order valence-corrected chi connectivity index (χ1v) is 6.03. The fourth-order valence-corrected chi connectivity index (χ4v) is 2.61. The lowest BCUT2D eigenvalue weighted by molar-refractivity contribution is 0.629. The molecule has 2 N–H and O–H groups in total. The zero-order chi connectivity index (χ0) is 12.0. The Hall–Kier alpha value is -1.61. The third-order valence-corrected chi connectivity index (χ3v) is 3.62. The smallest absolute Gasteiger partial charge is 0.194 e. The molecule has 3 nitrogen and oxygen atoms in total. The summed E-state index contributed by atoms with van der Waals surface area (Å²) in [5.74, 6) is 0. The topological polar surface area (TPSA) is 44.9 Å². The van der Waals surface area contributed by atoms with Crippen LogP contribution in [0.25, 0.3) is 10.9 Å². The maximum absolute atomic E-state index is 12.5. The Labute approximate surface area is 99.9 Å². The van der Waals surface area contributed by atoms with Crippen molar-refractivity contribution < 1.29 is 0 Å². The maximum Gasteiger partial charge on any atom is 0.194 e. The van der Waals surface area contributed by atoms with E-state index in [9.17, 15) is 4.79 Å². The average Bonchev–Trinajstić information content (AvgIpc) is 2.34. The van der Waals surface area contributed by atoms with Crippen molar-refractivity contribution in [2.75, 3.05) is 6.54 Å². The molecule has 0 aliphatic carbocycles. The highest BCUT2D eigenvalue weighted by atomic mass is 16.1. The van der Waals surface area contributed by atoms with Crippen molar-refractivity contribution in [3.8, 4) is 0 Å². The van der Waals surface area contributed by atoms with Crippen LogP contribution in [0.1, 0.15) is 22.4 Å². The average molecular weight is 228 g/mol. The number of H-pyrrole nitrogens is 1. The Bertz CT molecular complexity index is 655. The van der Waals surface area contributed by atoms with E-state index in [4.69, 9.17) is 0 Å². The van der Waals surface area contributed by atoms with Gasteiger partial charge in [0, 0.05) is 36.2 Å². The fourth-order valence-electron chi connectivity index (χ4n) is 2.61. The number of benzene rings is 1. The molecule has 88 valence electrons. The molecule has 0 spiro atoms. The molecular weight excluding hydrogens is 212 g/mol. The molecule has 0 radical (unpaired) electrons. The summed E-state index contributed by atoms with van der Waals surface area (Å²) in [7, 11) is 0. The molecular formula is C14H16N2O. The molecule has 0 atom stereocenters. The Morgan fingerprint density at radius 2 is 1.94 bits per heavy atom. The van der Waals surface area contributed by atoms with Gasteiger partial charge in [0.05, 0.1) is 5.52 Å². The van der Waals surface area contributed by atoms with Crippen molar-refractivity contribution in [3.05, 3.63) is 44.7 Å². The zero-order valence-electron chi connectivity index (χ0n) is 10.2. The van der Waals surface area contributed by atoms with Crippen molar-refractivity contribution in [2.24, 2.45) is 0 Å². The van der Waals surface area contributed by atoms with Crippen LogP contribution in [0.5, 0.6) is 0 Å². The minimum atomic E-state index is 0.196.